The van der Waals surface area contributed by atoms with Crippen LogP contribution in [0.2, 0.25) is 0 Å². The Kier molecular flexibility index (Phi) is 6.87. The number of hydrogen-bond acceptors (Lipinski definition) is 4. The van der Waals surface area contributed by atoms with Crippen LogP contribution in [0.3, 0.4) is 0 Å². The number of fused-ring (bicyclic) bond motifs is 1. The molecule has 4 bridgehead atoms. The molecular formula is C34H34N4Pt2+4. The van der Waals surface area contributed by atoms with Gasteiger partial charge in [-0.15, -0.1) is 0 Å². The number of nitrogens with zero attached hydrogens (tertiary/aromatic N) is 4. The van der Waals surface area contributed by atoms with E-state index in [2.05, 4.69) is 86.5 Å². The molecule has 0 spiro atoms. The van der Waals surface area contributed by atoms with Crippen LogP contribution in [-0.2, 0) is 42.1 Å². The summed E-state index contributed by atoms with van der Waals surface area (Å²) in [6.07, 6.45) is 10.7. The summed E-state index contributed by atoms with van der Waals surface area (Å²) in [5.74, 6) is 3.46. The first-order chi connectivity index (χ1) is 18.4. The molecule has 0 aromatic carbocycles. The predicted molar refractivity (Wildman–Crippen MR) is 150 cm³/mol. The van der Waals surface area contributed by atoms with Crippen LogP contribution in [0.1, 0.15) is 86.5 Å². The molecule has 6 atom stereocenters. The number of rotatable bonds is 3. The van der Waals surface area contributed by atoms with Crippen LogP contribution in [0, 0.1) is 22.7 Å². The summed E-state index contributed by atoms with van der Waals surface area (Å²) >= 11 is 0. The van der Waals surface area contributed by atoms with Gasteiger partial charge in [0, 0.05) is 24.8 Å². The van der Waals surface area contributed by atoms with Crippen LogP contribution in [0.4, 0.5) is 0 Å². The van der Waals surface area contributed by atoms with E-state index in [0.29, 0.717) is 35.5 Å². The summed E-state index contributed by atoms with van der Waals surface area (Å²) in [6.45, 7) is 10.00. The maximum absolute atomic E-state index is 4.96. The van der Waals surface area contributed by atoms with Gasteiger partial charge in [-0.2, -0.15) is 0 Å². The van der Waals surface area contributed by atoms with Gasteiger partial charge in [0.1, 0.15) is 0 Å². The van der Waals surface area contributed by atoms with Crippen LogP contribution in [-0.4, -0.2) is 19.9 Å². The molecule has 0 amide bonds. The maximum atomic E-state index is 4.96. The van der Waals surface area contributed by atoms with Gasteiger partial charge in [-0.1, -0.05) is 39.8 Å². The quantitative estimate of drug-likeness (QED) is 0.211. The van der Waals surface area contributed by atoms with Crippen molar-refractivity contribution in [3.63, 3.8) is 0 Å². The molecule has 2 saturated carbocycles. The fraction of sp³-hybridized carbons (Fsp3) is 0.412. The Hall–Kier alpha value is -2.02. The normalized spacial score (nSPS) is 29.3. The van der Waals surface area contributed by atoms with Crippen LogP contribution in [0.15, 0.2) is 73.3 Å². The molecule has 6 aliphatic carbocycles. The first-order valence-corrected chi connectivity index (χ1v) is 14.2. The smallest absolute Gasteiger partial charge is 0.255 e. The molecule has 4 heterocycles. The zero-order valence-corrected chi connectivity index (χ0v) is 27.8. The Morgan fingerprint density at radius 2 is 0.975 bits per heavy atom. The van der Waals surface area contributed by atoms with Crippen molar-refractivity contribution in [1.82, 2.24) is 19.9 Å². The van der Waals surface area contributed by atoms with E-state index in [1.54, 1.807) is 0 Å². The Bertz CT molecular complexity index is 1450. The van der Waals surface area contributed by atoms with Gasteiger partial charge in [-0.25, -0.2) is 0 Å². The van der Waals surface area contributed by atoms with Crippen molar-refractivity contribution in [2.75, 3.05) is 0 Å². The predicted octanol–water partition coefficient (Wildman–Crippen LogP) is 7.75. The average Bonchev–Trinajstić information content (AvgIpc) is 2.95. The number of hydrogen-bond donors (Lipinski definition) is 0. The molecule has 4 nitrogen and oxygen atoms in total. The van der Waals surface area contributed by atoms with Gasteiger partial charge in [-0.05, 0) is 118 Å². The van der Waals surface area contributed by atoms with E-state index in [0.717, 1.165) is 22.8 Å². The topological polar surface area (TPSA) is 51.6 Å². The Labute approximate surface area is 265 Å². The van der Waals surface area contributed by atoms with Gasteiger partial charge < -0.3 is 0 Å². The van der Waals surface area contributed by atoms with Gasteiger partial charge in [0.05, 0.1) is 22.8 Å². The molecule has 2 fully saturated rings. The molecule has 6 heteroatoms. The van der Waals surface area contributed by atoms with Crippen molar-refractivity contribution < 1.29 is 42.1 Å². The van der Waals surface area contributed by atoms with Crippen molar-refractivity contribution in [3.05, 3.63) is 95.6 Å². The Morgan fingerprint density at radius 1 is 0.550 bits per heavy atom. The second kappa shape index (κ2) is 9.77. The zero-order valence-electron chi connectivity index (χ0n) is 23.2. The molecule has 0 N–H and O–H groups in total. The van der Waals surface area contributed by atoms with Gasteiger partial charge >= 0.3 is 42.1 Å². The Balaban J connectivity index is 0.00000145. The summed E-state index contributed by atoms with van der Waals surface area (Å²) < 4.78 is 0. The van der Waals surface area contributed by atoms with E-state index in [4.69, 9.17) is 9.97 Å². The third-order valence-electron chi connectivity index (χ3n) is 11.2. The van der Waals surface area contributed by atoms with Crippen LogP contribution in [0.25, 0.3) is 22.8 Å². The van der Waals surface area contributed by atoms with Gasteiger partial charge in [0.15, 0.2) is 0 Å². The Morgan fingerprint density at radius 3 is 1.32 bits per heavy atom. The summed E-state index contributed by atoms with van der Waals surface area (Å²) in [7, 11) is 0. The van der Waals surface area contributed by atoms with E-state index in [1.165, 1.54) is 35.1 Å². The fourth-order valence-corrected chi connectivity index (χ4v) is 8.95. The van der Waals surface area contributed by atoms with Crippen LogP contribution in [0.5, 0.6) is 0 Å². The first kappa shape index (κ1) is 28.1. The maximum Gasteiger partial charge on any atom is 2.00 e. The summed E-state index contributed by atoms with van der Waals surface area (Å²) in [5.41, 5.74) is 10.5. The third-order valence-corrected chi connectivity index (χ3v) is 11.2. The van der Waals surface area contributed by atoms with Crippen molar-refractivity contribution in [2.45, 2.75) is 64.2 Å². The van der Waals surface area contributed by atoms with E-state index >= 15 is 0 Å². The van der Waals surface area contributed by atoms with Crippen LogP contribution >= 0.6 is 0 Å². The largest absolute Gasteiger partial charge is 2.00 e. The fourth-order valence-electron chi connectivity index (χ4n) is 8.95. The SMILES string of the molecule is CC1(C)C2CC1C(C1c3cc(-c4ccccn4)ncc3C3CC1C3(C)C)c1cc(-c3ccccn3)ncc12.[Pt+2].[Pt+2]. The van der Waals surface area contributed by atoms with Crippen molar-refractivity contribution in [1.29, 1.82) is 0 Å². The van der Waals surface area contributed by atoms with E-state index in [9.17, 15) is 0 Å². The molecule has 206 valence electrons. The second-order valence-corrected chi connectivity index (χ2v) is 13.3. The molecule has 6 aliphatic rings. The summed E-state index contributed by atoms with van der Waals surface area (Å²) in [5, 5.41) is 0. The first-order valence-electron chi connectivity index (χ1n) is 14.2. The molecular weight excluding hydrogens is 855 g/mol. The van der Waals surface area contributed by atoms with E-state index in [1.807, 2.05) is 24.5 Å². The minimum Gasteiger partial charge on any atom is -0.255 e. The zero-order chi connectivity index (χ0) is 25.8. The van der Waals surface area contributed by atoms with Gasteiger partial charge in [0.25, 0.3) is 0 Å². The van der Waals surface area contributed by atoms with Gasteiger partial charge in [0.2, 0.25) is 0 Å². The molecule has 6 unspecified atom stereocenters. The average molecular weight is 889 g/mol. The molecule has 0 aliphatic heterocycles. The molecule has 40 heavy (non-hydrogen) atoms. The van der Waals surface area contributed by atoms with Crippen molar-refractivity contribution >= 4 is 0 Å². The molecule has 0 saturated heterocycles. The summed E-state index contributed by atoms with van der Waals surface area (Å²) in [4.78, 5) is 19.2. The summed E-state index contributed by atoms with van der Waals surface area (Å²) in [6, 6.07) is 17.0. The van der Waals surface area contributed by atoms with E-state index < -0.39 is 0 Å². The molecule has 0 radical (unpaired) electrons. The second-order valence-electron chi connectivity index (χ2n) is 13.3. The molecule has 4 aromatic heterocycles. The van der Waals surface area contributed by atoms with Crippen molar-refractivity contribution in [3.8, 4) is 22.8 Å². The van der Waals surface area contributed by atoms with Gasteiger partial charge in [-0.3, -0.25) is 19.9 Å². The monoisotopic (exact) mass is 888 g/mol. The van der Waals surface area contributed by atoms with Crippen molar-refractivity contribution in [2.24, 2.45) is 22.7 Å². The number of pyridine rings is 4. The van der Waals surface area contributed by atoms with Crippen LogP contribution < -0.4 is 0 Å². The molecule has 10 rings (SSSR count). The third kappa shape index (κ3) is 3.77. The molecule has 4 aromatic rings. The standard InChI is InChI=1S/C34H34N4.2Pt/c1-33(2)23-15-25(33)31(19-13-29(37-17-21(19)23)27-9-5-7-11-35-27)32-20-14-30(28-10-6-8-12-36-28)38-18-22(20)24-16-26(32)34(24,3)4;;/h5-14,17-18,23-26,31-32H,15-16H2,1-4H3;;/q;2*+2. The minimum absolute atomic E-state index is 0. The van der Waals surface area contributed by atoms with E-state index in [-0.39, 0.29) is 53.0 Å². The minimum atomic E-state index is 0. The number of aromatic nitrogens is 4.